The van der Waals surface area contributed by atoms with Gasteiger partial charge in [-0.25, -0.2) is 0 Å². The van der Waals surface area contributed by atoms with E-state index in [2.05, 4.69) is 53.1 Å². The molecule has 1 aliphatic rings. The minimum atomic E-state index is -0.0911. The van der Waals surface area contributed by atoms with E-state index in [1.165, 1.54) is 37.7 Å². The first-order valence-electron chi connectivity index (χ1n) is 10.6. The first-order chi connectivity index (χ1) is 14.0. The van der Waals surface area contributed by atoms with Crippen LogP contribution < -0.4 is 5.32 Å². The Morgan fingerprint density at radius 1 is 1.17 bits per heavy atom. The second-order valence-corrected chi connectivity index (χ2v) is 9.29. The Hall–Kier alpha value is -1.91. The van der Waals surface area contributed by atoms with Gasteiger partial charge in [0.05, 0.1) is 26.2 Å². The number of carbonyl (C=O) groups excluding carboxylic acids is 1. The van der Waals surface area contributed by atoms with Crippen molar-refractivity contribution in [2.24, 2.45) is 0 Å². The third-order valence-corrected chi connectivity index (χ3v) is 6.71. The molecule has 1 aliphatic carbocycles. The maximum atomic E-state index is 12.4. The first kappa shape index (κ1) is 21.8. The van der Waals surface area contributed by atoms with Gasteiger partial charge < -0.3 is 9.80 Å². The zero-order valence-electron chi connectivity index (χ0n) is 17.4. The molecule has 1 fully saturated rings. The van der Waals surface area contributed by atoms with Crippen molar-refractivity contribution in [2.45, 2.75) is 44.6 Å². The smallest absolute Gasteiger partial charge is 0.255 e. The van der Waals surface area contributed by atoms with E-state index in [1.807, 2.05) is 36.4 Å². The van der Waals surface area contributed by atoms with Crippen LogP contribution in [0.1, 0.15) is 48.0 Å². The minimum Gasteiger partial charge on any atom is -0.322 e. The summed E-state index contributed by atoms with van der Waals surface area (Å²) < 4.78 is 1.99. The van der Waals surface area contributed by atoms with Gasteiger partial charge in [-0.15, -0.1) is 0 Å². The fraction of sp³-hybridized carbons (Fsp3) is 0.400. The zero-order chi connectivity index (χ0) is 20.7. The molecule has 0 aliphatic heterocycles. The van der Waals surface area contributed by atoms with Gasteiger partial charge in [0, 0.05) is 22.1 Å². The Morgan fingerprint density at radius 3 is 2.55 bits per heavy atom. The van der Waals surface area contributed by atoms with Gasteiger partial charge >= 0.3 is 0 Å². The number of carbonyl (C=O) groups is 1. The largest absolute Gasteiger partial charge is 0.322 e. The summed E-state index contributed by atoms with van der Waals surface area (Å²) in [5.74, 6) is -0.0911. The van der Waals surface area contributed by atoms with E-state index < -0.39 is 0 Å². The third kappa shape index (κ3) is 6.03. The van der Waals surface area contributed by atoms with E-state index in [-0.39, 0.29) is 5.91 Å². The Bertz CT molecular complexity index is 827. The Kier molecular flexibility index (Phi) is 7.68. The average molecular weight is 456 g/mol. The molecule has 0 aromatic heterocycles. The molecule has 0 bridgehead atoms. The Morgan fingerprint density at radius 2 is 1.90 bits per heavy atom. The van der Waals surface area contributed by atoms with Crippen molar-refractivity contribution < 1.29 is 9.28 Å². The quantitative estimate of drug-likeness (QED) is 0.371. The van der Waals surface area contributed by atoms with Gasteiger partial charge in [0.1, 0.15) is 0 Å². The van der Waals surface area contributed by atoms with E-state index in [0.717, 1.165) is 40.2 Å². The number of rotatable bonds is 8. The lowest BCUT2D eigenvalue weighted by Gasteiger charge is -2.43. The van der Waals surface area contributed by atoms with Crippen LogP contribution in [0, 0.1) is 0 Å². The summed E-state index contributed by atoms with van der Waals surface area (Å²) in [6.07, 6.45) is 9.91. The molecule has 3 nitrogen and oxygen atoms in total. The summed E-state index contributed by atoms with van der Waals surface area (Å²) >= 11 is 3.41. The van der Waals surface area contributed by atoms with Crippen LogP contribution in [0.25, 0.3) is 0 Å². The minimum absolute atomic E-state index is 0.0911. The van der Waals surface area contributed by atoms with Crippen molar-refractivity contribution in [1.82, 2.24) is 0 Å². The summed E-state index contributed by atoms with van der Waals surface area (Å²) in [6, 6.07) is 16.5. The van der Waals surface area contributed by atoms with Gasteiger partial charge in [-0.1, -0.05) is 47.1 Å². The molecule has 1 amide bonds. The topological polar surface area (TPSA) is 29.1 Å². The average Bonchev–Trinajstić information content (AvgIpc) is 2.74. The van der Waals surface area contributed by atoms with Crippen LogP contribution in [0.5, 0.6) is 0 Å². The van der Waals surface area contributed by atoms with Crippen molar-refractivity contribution in [3.05, 3.63) is 76.8 Å². The molecule has 0 heterocycles. The van der Waals surface area contributed by atoms with Gasteiger partial charge in [0.15, 0.2) is 0 Å². The van der Waals surface area contributed by atoms with Crippen LogP contribution in [0.3, 0.4) is 0 Å². The van der Waals surface area contributed by atoms with Gasteiger partial charge in [-0.05, 0) is 67.7 Å². The number of anilines is 1. The van der Waals surface area contributed by atoms with Crippen LogP contribution >= 0.6 is 15.9 Å². The maximum absolute atomic E-state index is 12.4. The highest BCUT2D eigenvalue weighted by molar-refractivity contribution is 9.10. The molecular formula is C25H32BrN2O+. The summed E-state index contributed by atoms with van der Waals surface area (Å²) in [4.78, 5) is 12.4. The van der Waals surface area contributed by atoms with Crippen molar-refractivity contribution in [3.8, 4) is 0 Å². The number of halogens is 1. The van der Waals surface area contributed by atoms with Crippen LogP contribution in [-0.4, -0.2) is 36.6 Å². The molecule has 3 rings (SSSR count). The normalized spacial score (nSPS) is 16.8. The third-order valence-electron chi connectivity index (χ3n) is 6.21. The molecule has 2 aromatic carbocycles. The second-order valence-electron chi connectivity index (χ2n) is 8.38. The monoisotopic (exact) mass is 455 g/mol. The Labute approximate surface area is 183 Å². The number of nitrogens with one attached hydrogen (secondary N) is 1. The first-order valence-corrected chi connectivity index (χ1v) is 11.4. The van der Waals surface area contributed by atoms with E-state index in [4.69, 9.17) is 0 Å². The number of amides is 1. The molecule has 29 heavy (non-hydrogen) atoms. The fourth-order valence-electron chi connectivity index (χ4n) is 4.39. The number of hydrogen-bond acceptors (Lipinski definition) is 1. The highest BCUT2D eigenvalue weighted by atomic mass is 79.9. The lowest BCUT2D eigenvalue weighted by atomic mass is 9.92. The molecule has 1 saturated carbocycles. The standard InChI is InChI=1S/C25H31BrN2O/c1-3-17-28(2,24-10-5-4-6-11-24)18-16-20-12-14-23(15-13-20)27-25(29)21-8-7-9-22(26)19-21/h3,7-9,12-15,19,24H,1,4-6,10-11,16-18H2,2H3/p+1. The van der Waals surface area contributed by atoms with E-state index in [0.29, 0.717) is 5.56 Å². The lowest BCUT2D eigenvalue weighted by molar-refractivity contribution is -0.929. The second kappa shape index (κ2) is 10.2. The summed E-state index contributed by atoms with van der Waals surface area (Å²) in [5.41, 5.74) is 2.79. The van der Waals surface area contributed by atoms with Crippen molar-refractivity contribution in [2.75, 3.05) is 25.5 Å². The van der Waals surface area contributed by atoms with Crippen LogP contribution in [0.2, 0.25) is 0 Å². The van der Waals surface area contributed by atoms with E-state index >= 15 is 0 Å². The molecule has 0 saturated heterocycles. The summed E-state index contributed by atoms with van der Waals surface area (Å²) in [5, 5.41) is 2.98. The molecule has 0 spiro atoms. The number of likely N-dealkylation sites (N-methyl/N-ethyl adjacent to an activating group) is 1. The molecular weight excluding hydrogens is 424 g/mol. The molecule has 2 aromatic rings. The van der Waals surface area contributed by atoms with E-state index in [9.17, 15) is 4.79 Å². The number of benzene rings is 2. The van der Waals surface area contributed by atoms with Crippen LogP contribution in [-0.2, 0) is 6.42 Å². The SMILES string of the molecule is C=CC[N+](C)(CCc1ccc(NC(=O)c2cccc(Br)c2)cc1)C1CCCCC1. The predicted molar refractivity (Wildman–Crippen MR) is 125 cm³/mol. The predicted octanol–water partition coefficient (Wildman–Crippen LogP) is 6.21. The molecule has 4 heteroatoms. The highest BCUT2D eigenvalue weighted by Gasteiger charge is 2.32. The van der Waals surface area contributed by atoms with Gasteiger partial charge in [0.2, 0.25) is 0 Å². The Balaban J connectivity index is 1.59. The number of quaternary nitrogens is 1. The molecule has 1 N–H and O–H groups in total. The summed E-state index contributed by atoms with van der Waals surface area (Å²) in [7, 11) is 2.39. The van der Waals surface area contributed by atoms with Gasteiger partial charge in [0.25, 0.3) is 5.91 Å². The van der Waals surface area contributed by atoms with Crippen LogP contribution in [0.4, 0.5) is 5.69 Å². The lowest BCUT2D eigenvalue weighted by Crippen LogP contribution is -2.54. The molecule has 1 unspecified atom stereocenters. The van der Waals surface area contributed by atoms with Crippen molar-refractivity contribution in [1.29, 1.82) is 0 Å². The zero-order valence-corrected chi connectivity index (χ0v) is 19.0. The molecule has 0 radical (unpaired) electrons. The van der Waals surface area contributed by atoms with Crippen molar-refractivity contribution in [3.63, 3.8) is 0 Å². The fourth-order valence-corrected chi connectivity index (χ4v) is 4.79. The van der Waals surface area contributed by atoms with Gasteiger partial charge in [-0.2, -0.15) is 0 Å². The molecule has 1 atom stereocenters. The molecule has 154 valence electrons. The highest BCUT2D eigenvalue weighted by Crippen LogP contribution is 2.27. The number of hydrogen-bond donors (Lipinski definition) is 1. The maximum Gasteiger partial charge on any atom is 0.255 e. The van der Waals surface area contributed by atoms with Crippen LogP contribution in [0.15, 0.2) is 65.7 Å². The summed E-state index contributed by atoms with van der Waals surface area (Å²) in [6.45, 7) is 6.16. The number of nitrogens with zero attached hydrogens (tertiary/aromatic N) is 1. The van der Waals surface area contributed by atoms with Crippen molar-refractivity contribution >= 4 is 27.5 Å². The van der Waals surface area contributed by atoms with E-state index in [1.54, 1.807) is 0 Å². The van der Waals surface area contributed by atoms with Gasteiger partial charge in [-0.3, -0.25) is 4.79 Å².